The van der Waals surface area contributed by atoms with E-state index in [0.717, 1.165) is 42.5 Å². The van der Waals surface area contributed by atoms with Crippen LogP contribution in [0.25, 0.3) is 0 Å². The fourth-order valence-corrected chi connectivity index (χ4v) is 5.64. The summed E-state index contributed by atoms with van der Waals surface area (Å²) in [6, 6.07) is 2.38. The molecule has 9 heteroatoms. The zero-order chi connectivity index (χ0) is 22.0. The molecule has 2 aromatic heterocycles. The largest absolute Gasteiger partial charge is 0.378 e. The number of morpholine rings is 1. The van der Waals surface area contributed by atoms with Crippen LogP contribution in [0.1, 0.15) is 75.3 Å². The molecule has 0 aromatic carbocycles. The molecule has 1 aliphatic heterocycles. The van der Waals surface area contributed by atoms with Gasteiger partial charge in [0.2, 0.25) is 0 Å². The second-order valence-electron chi connectivity index (χ2n) is 8.37. The van der Waals surface area contributed by atoms with Gasteiger partial charge < -0.3 is 14.2 Å². The quantitative estimate of drug-likeness (QED) is 0.705. The summed E-state index contributed by atoms with van der Waals surface area (Å²) in [4.78, 5) is 32.7. The number of aryl methyl sites for hydroxylation is 2. The van der Waals surface area contributed by atoms with Gasteiger partial charge in [0, 0.05) is 30.5 Å². The highest BCUT2D eigenvalue weighted by atomic mass is 32.1. The van der Waals surface area contributed by atoms with Crippen LogP contribution in [0.15, 0.2) is 6.07 Å². The minimum Gasteiger partial charge on any atom is -0.378 e. The molecule has 0 spiro atoms. The Balaban J connectivity index is 1.41. The standard InChI is InChI=1S/C22H31N5O3S/c1-14-13-18(16(3)27(14)17-7-5-4-6-8-17)20(28)24-25-21(29)19-15(2)23-22(31-19)26-9-11-30-12-10-26/h13,17H,4-12H2,1-3H3,(H,24,28)(H,25,29). The number of thiazole rings is 1. The maximum atomic E-state index is 12.8. The minimum atomic E-state index is -0.344. The van der Waals surface area contributed by atoms with Crippen LogP contribution in [0.4, 0.5) is 5.13 Å². The third-order valence-corrected chi connectivity index (χ3v) is 7.45. The summed E-state index contributed by atoms with van der Waals surface area (Å²) in [5.41, 5.74) is 8.48. The van der Waals surface area contributed by atoms with E-state index in [9.17, 15) is 9.59 Å². The molecular weight excluding hydrogens is 414 g/mol. The van der Waals surface area contributed by atoms with Gasteiger partial charge in [-0.1, -0.05) is 30.6 Å². The topological polar surface area (TPSA) is 88.5 Å². The second-order valence-corrected chi connectivity index (χ2v) is 9.34. The summed E-state index contributed by atoms with van der Waals surface area (Å²) >= 11 is 1.34. The first-order chi connectivity index (χ1) is 15.0. The number of nitrogens with zero attached hydrogens (tertiary/aromatic N) is 3. The van der Waals surface area contributed by atoms with Crippen molar-refractivity contribution in [1.29, 1.82) is 0 Å². The number of rotatable bonds is 4. The van der Waals surface area contributed by atoms with Gasteiger partial charge in [0.15, 0.2) is 5.13 Å². The molecule has 8 nitrogen and oxygen atoms in total. The van der Waals surface area contributed by atoms with Crippen molar-refractivity contribution in [3.05, 3.63) is 33.6 Å². The molecule has 31 heavy (non-hydrogen) atoms. The van der Waals surface area contributed by atoms with Gasteiger partial charge in [-0.15, -0.1) is 0 Å². The average molecular weight is 446 g/mol. The Morgan fingerprint density at radius 3 is 2.45 bits per heavy atom. The lowest BCUT2D eigenvalue weighted by Gasteiger charge is -2.26. The first-order valence-electron chi connectivity index (χ1n) is 11.0. The number of hydrogen-bond acceptors (Lipinski definition) is 6. The number of anilines is 1. The van der Waals surface area contributed by atoms with Gasteiger partial charge in [0.1, 0.15) is 4.88 Å². The maximum absolute atomic E-state index is 12.8. The Morgan fingerprint density at radius 2 is 1.74 bits per heavy atom. The van der Waals surface area contributed by atoms with Crippen LogP contribution in [-0.4, -0.2) is 47.7 Å². The van der Waals surface area contributed by atoms with Crippen LogP contribution in [-0.2, 0) is 4.74 Å². The molecule has 2 fully saturated rings. The van der Waals surface area contributed by atoms with E-state index in [-0.39, 0.29) is 11.8 Å². The van der Waals surface area contributed by atoms with Gasteiger partial charge >= 0.3 is 0 Å². The van der Waals surface area contributed by atoms with Crippen molar-refractivity contribution in [3.63, 3.8) is 0 Å². The Morgan fingerprint density at radius 1 is 1.06 bits per heavy atom. The average Bonchev–Trinajstić information content (AvgIpc) is 3.32. The van der Waals surface area contributed by atoms with Gasteiger partial charge in [0.05, 0.1) is 24.5 Å². The highest BCUT2D eigenvalue weighted by Gasteiger charge is 2.24. The molecule has 0 bridgehead atoms. The first kappa shape index (κ1) is 21.8. The molecular formula is C22H31N5O3S. The summed E-state index contributed by atoms with van der Waals surface area (Å²) < 4.78 is 7.67. The number of amides is 2. The number of nitrogens with one attached hydrogen (secondary N) is 2. The van der Waals surface area contributed by atoms with Gasteiger partial charge in [-0.05, 0) is 39.7 Å². The number of carbonyl (C=O) groups is 2. The Hall–Kier alpha value is -2.39. The molecule has 2 aliphatic rings. The van der Waals surface area contributed by atoms with Crippen LogP contribution in [0.2, 0.25) is 0 Å². The molecule has 4 rings (SSSR count). The van der Waals surface area contributed by atoms with E-state index >= 15 is 0 Å². The molecule has 0 radical (unpaired) electrons. The summed E-state index contributed by atoms with van der Waals surface area (Å²) in [5.74, 6) is -0.636. The molecule has 2 N–H and O–H groups in total. The number of aromatic nitrogens is 2. The molecule has 1 aliphatic carbocycles. The van der Waals surface area contributed by atoms with E-state index in [2.05, 4.69) is 25.3 Å². The van der Waals surface area contributed by atoms with E-state index < -0.39 is 0 Å². The highest BCUT2D eigenvalue weighted by Crippen LogP contribution is 2.32. The van der Waals surface area contributed by atoms with Crippen LogP contribution in [0, 0.1) is 20.8 Å². The molecule has 1 saturated heterocycles. The summed E-state index contributed by atoms with van der Waals surface area (Å²) in [5, 5.41) is 0.813. The van der Waals surface area contributed by atoms with E-state index in [1.54, 1.807) is 0 Å². The summed E-state index contributed by atoms with van der Waals surface area (Å²) in [7, 11) is 0. The predicted octanol–water partition coefficient (Wildman–Crippen LogP) is 3.29. The fourth-order valence-electron chi connectivity index (χ4n) is 4.63. The zero-order valence-corrected chi connectivity index (χ0v) is 19.3. The Kier molecular flexibility index (Phi) is 6.62. The number of ether oxygens (including phenoxy) is 1. The van der Waals surface area contributed by atoms with Gasteiger partial charge in [-0.25, -0.2) is 4.98 Å². The third-order valence-electron chi connectivity index (χ3n) is 6.23. The van der Waals surface area contributed by atoms with Gasteiger partial charge in [0.25, 0.3) is 11.8 Å². The number of hydrazine groups is 1. The van der Waals surface area contributed by atoms with Crippen molar-refractivity contribution >= 4 is 28.3 Å². The molecule has 168 valence electrons. The van der Waals surface area contributed by atoms with Crippen molar-refractivity contribution < 1.29 is 14.3 Å². The molecule has 2 aromatic rings. The Bertz CT molecular complexity index is 955. The lowest BCUT2D eigenvalue weighted by molar-refractivity contribution is 0.0848. The van der Waals surface area contributed by atoms with Gasteiger partial charge in [-0.3, -0.25) is 20.4 Å². The molecule has 3 heterocycles. The fraction of sp³-hybridized carbons (Fsp3) is 0.591. The predicted molar refractivity (Wildman–Crippen MR) is 121 cm³/mol. The normalized spacial score (nSPS) is 17.6. The summed E-state index contributed by atoms with van der Waals surface area (Å²) in [6.07, 6.45) is 6.08. The van der Waals surface area contributed by atoms with Crippen molar-refractivity contribution in [2.24, 2.45) is 0 Å². The van der Waals surface area contributed by atoms with Crippen LogP contribution < -0.4 is 15.8 Å². The second kappa shape index (κ2) is 9.40. The number of carbonyl (C=O) groups excluding carboxylic acids is 2. The van der Waals surface area contributed by atoms with Crippen LogP contribution >= 0.6 is 11.3 Å². The first-order valence-corrected chi connectivity index (χ1v) is 11.9. The van der Waals surface area contributed by atoms with Crippen molar-refractivity contribution in [3.8, 4) is 0 Å². The zero-order valence-electron chi connectivity index (χ0n) is 18.5. The smallest absolute Gasteiger partial charge is 0.281 e. The third kappa shape index (κ3) is 4.62. The molecule has 2 amide bonds. The van der Waals surface area contributed by atoms with Crippen molar-refractivity contribution in [2.75, 3.05) is 31.2 Å². The molecule has 1 saturated carbocycles. The maximum Gasteiger partial charge on any atom is 0.281 e. The lowest BCUT2D eigenvalue weighted by Crippen LogP contribution is -2.41. The van der Waals surface area contributed by atoms with Crippen LogP contribution in [0.3, 0.4) is 0 Å². The van der Waals surface area contributed by atoms with E-state index in [1.165, 1.54) is 30.6 Å². The van der Waals surface area contributed by atoms with E-state index in [1.807, 2.05) is 26.8 Å². The highest BCUT2D eigenvalue weighted by molar-refractivity contribution is 7.17. The minimum absolute atomic E-state index is 0.293. The summed E-state index contributed by atoms with van der Waals surface area (Å²) in [6.45, 7) is 8.70. The van der Waals surface area contributed by atoms with Gasteiger partial charge in [-0.2, -0.15) is 0 Å². The van der Waals surface area contributed by atoms with Crippen molar-refractivity contribution in [2.45, 2.75) is 58.9 Å². The monoisotopic (exact) mass is 445 g/mol. The lowest BCUT2D eigenvalue weighted by atomic mass is 9.95. The Labute approximate surface area is 186 Å². The molecule has 0 atom stereocenters. The van der Waals surface area contributed by atoms with Crippen molar-refractivity contribution in [1.82, 2.24) is 20.4 Å². The van der Waals surface area contributed by atoms with E-state index in [4.69, 9.17) is 4.74 Å². The SMILES string of the molecule is Cc1nc(N2CCOCC2)sc1C(=O)NNC(=O)c1cc(C)n(C2CCCCC2)c1C. The molecule has 0 unspecified atom stereocenters. The number of hydrogen-bond donors (Lipinski definition) is 2. The van der Waals surface area contributed by atoms with E-state index in [0.29, 0.717) is 35.4 Å². The van der Waals surface area contributed by atoms with Crippen LogP contribution in [0.5, 0.6) is 0 Å².